The molecule has 134 valence electrons. The molecule has 1 aromatic heterocycles. The summed E-state index contributed by atoms with van der Waals surface area (Å²) in [6.45, 7) is 0. The van der Waals surface area contributed by atoms with Crippen LogP contribution in [0, 0.1) is 11.3 Å². The lowest BCUT2D eigenvalue weighted by Crippen LogP contribution is -2.39. The van der Waals surface area contributed by atoms with Crippen molar-refractivity contribution in [3.8, 4) is 11.9 Å². The quantitative estimate of drug-likeness (QED) is 0.769. The van der Waals surface area contributed by atoms with Gasteiger partial charge >= 0.3 is 0 Å². The van der Waals surface area contributed by atoms with Gasteiger partial charge in [-0.2, -0.15) is 5.26 Å². The zero-order valence-electron chi connectivity index (χ0n) is 13.9. The number of aromatic nitrogens is 1. The molecule has 0 atom stereocenters. The van der Waals surface area contributed by atoms with Gasteiger partial charge in [-0.3, -0.25) is 4.79 Å². The Morgan fingerprint density at radius 3 is 2.69 bits per heavy atom. The molecule has 3 rings (SSSR count). The monoisotopic (exact) mass is 433 g/mol. The number of hydrogen-bond donors (Lipinski definition) is 1. The minimum Gasteiger partial charge on any atom is -0.474 e. The van der Waals surface area contributed by atoms with Crippen LogP contribution >= 0.6 is 27.5 Å². The highest BCUT2D eigenvalue weighted by Gasteiger charge is 2.25. The Kier molecular flexibility index (Phi) is 6.12. The van der Waals surface area contributed by atoms with Gasteiger partial charge in [0.25, 0.3) is 5.91 Å². The molecule has 1 aliphatic rings. The second-order valence-electron chi connectivity index (χ2n) is 6.19. The van der Waals surface area contributed by atoms with Gasteiger partial charge in [0.1, 0.15) is 12.2 Å². The fourth-order valence-electron chi connectivity index (χ4n) is 2.95. The van der Waals surface area contributed by atoms with E-state index in [1.165, 1.54) is 6.20 Å². The Morgan fingerprint density at radius 2 is 2.04 bits per heavy atom. The van der Waals surface area contributed by atoms with Crippen molar-refractivity contribution in [2.45, 2.75) is 37.8 Å². The minimum absolute atomic E-state index is 0.0676. The predicted molar refractivity (Wildman–Crippen MR) is 102 cm³/mol. The van der Waals surface area contributed by atoms with Gasteiger partial charge in [-0.15, -0.1) is 0 Å². The number of ether oxygens (including phenoxy) is 1. The summed E-state index contributed by atoms with van der Waals surface area (Å²) in [7, 11) is 0. The number of hydrogen-bond acceptors (Lipinski definition) is 4. The smallest absolute Gasteiger partial charge is 0.253 e. The van der Waals surface area contributed by atoms with Gasteiger partial charge < -0.3 is 10.1 Å². The molecule has 0 unspecified atom stereocenters. The molecule has 5 nitrogen and oxygen atoms in total. The Bertz CT molecular complexity index is 828. The average Bonchev–Trinajstić information content (AvgIpc) is 2.66. The lowest BCUT2D eigenvalue weighted by Gasteiger charge is -2.29. The van der Waals surface area contributed by atoms with Crippen LogP contribution < -0.4 is 10.1 Å². The van der Waals surface area contributed by atoms with Crippen LogP contribution in [0.5, 0.6) is 5.88 Å². The normalized spacial score (nSPS) is 19.4. The van der Waals surface area contributed by atoms with Gasteiger partial charge in [-0.05, 0) is 49.9 Å². The number of carbonyl (C=O) groups is 1. The van der Waals surface area contributed by atoms with Gasteiger partial charge in [-0.1, -0.05) is 27.5 Å². The molecule has 1 aromatic carbocycles. The predicted octanol–water partition coefficient (Wildman–Crippen LogP) is 4.49. The summed E-state index contributed by atoms with van der Waals surface area (Å²) in [6, 6.07) is 10.8. The summed E-state index contributed by atoms with van der Waals surface area (Å²) in [6.07, 6.45) is 4.90. The summed E-state index contributed by atoms with van der Waals surface area (Å²) >= 11 is 9.47. The summed E-state index contributed by atoms with van der Waals surface area (Å²) in [5.41, 5.74) is 0.983. The van der Waals surface area contributed by atoms with Gasteiger partial charge in [-0.25, -0.2) is 4.98 Å². The van der Waals surface area contributed by atoms with Crippen LogP contribution in [0.3, 0.4) is 0 Å². The molecule has 1 aliphatic carbocycles. The molecule has 26 heavy (non-hydrogen) atoms. The maximum Gasteiger partial charge on any atom is 0.253 e. The minimum atomic E-state index is -0.158. The molecule has 1 heterocycles. The number of halogens is 2. The van der Waals surface area contributed by atoms with Crippen molar-refractivity contribution in [2.24, 2.45) is 0 Å². The van der Waals surface area contributed by atoms with E-state index < -0.39 is 0 Å². The molecule has 1 amide bonds. The molecule has 1 N–H and O–H groups in total. The second kappa shape index (κ2) is 8.52. The summed E-state index contributed by atoms with van der Waals surface area (Å²) < 4.78 is 6.69. The molecular formula is C19H17BrClN3O2. The van der Waals surface area contributed by atoms with Gasteiger partial charge in [0, 0.05) is 22.8 Å². The van der Waals surface area contributed by atoms with Crippen molar-refractivity contribution in [1.82, 2.24) is 10.3 Å². The number of benzene rings is 1. The number of nitrogens with one attached hydrogen (secondary N) is 1. The van der Waals surface area contributed by atoms with E-state index in [1.807, 2.05) is 6.07 Å². The van der Waals surface area contributed by atoms with E-state index in [2.05, 4.69) is 26.2 Å². The van der Waals surface area contributed by atoms with Gasteiger partial charge in [0.2, 0.25) is 5.88 Å². The third kappa shape index (κ3) is 4.75. The first-order valence-corrected chi connectivity index (χ1v) is 9.51. The number of pyridine rings is 1. The first-order valence-electron chi connectivity index (χ1n) is 8.34. The van der Waals surface area contributed by atoms with Crippen molar-refractivity contribution >= 4 is 33.4 Å². The fraction of sp³-hybridized carbons (Fsp3) is 0.316. The Hall–Kier alpha value is -2.10. The lowest BCUT2D eigenvalue weighted by atomic mass is 9.92. The van der Waals surface area contributed by atoms with Crippen molar-refractivity contribution in [3.63, 3.8) is 0 Å². The van der Waals surface area contributed by atoms with Crippen molar-refractivity contribution in [3.05, 3.63) is 57.2 Å². The van der Waals surface area contributed by atoms with Crippen LogP contribution in [0.2, 0.25) is 5.02 Å². The maximum absolute atomic E-state index is 12.4. The van der Waals surface area contributed by atoms with E-state index in [1.54, 1.807) is 30.3 Å². The standard InChI is InChI=1S/C19H17BrClN3O2/c20-13-2-7-17(21)16(9-13)19(25)24-14-3-5-15(6-4-14)26-18-8-1-12(10-22)11-23-18/h1-2,7-9,11,14-15H,3-6H2,(H,24,25). The topological polar surface area (TPSA) is 75.0 Å². The van der Waals surface area contributed by atoms with Crippen LogP contribution in [0.1, 0.15) is 41.6 Å². The van der Waals surface area contributed by atoms with Crippen LogP contribution in [-0.2, 0) is 0 Å². The Morgan fingerprint density at radius 1 is 1.27 bits per heavy atom. The third-order valence-electron chi connectivity index (χ3n) is 4.34. The van der Waals surface area contributed by atoms with Crippen LogP contribution in [0.15, 0.2) is 41.0 Å². The first kappa shape index (κ1) is 18.7. The van der Waals surface area contributed by atoms with E-state index in [9.17, 15) is 4.79 Å². The molecule has 1 fully saturated rings. The number of nitrogens with zero attached hydrogens (tertiary/aromatic N) is 2. The lowest BCUT2D eigenvalue weighted by molar-refractivity contribution is 0.0890. The molecule has 1 saturated carbocycles. The summed E-state index contributed by atoms with van der Waals surface area (Å²) in [5, 5.41) is 12.3. The van der Waals surface area contributed by atoms with Crippen LogP contribution in [0.4, 0.5) is 0 Å². The summed E-state index contributed by atoms with van der Waals surface area (Å²) in [4.78, 5) is 16.6. The molecular weight excluding hydrogens is 418 g/mol. The SMILES string of the molecule is N#Cc1ccc(OC2CCC(NC(=O)c3cc(Br)ccc3Cl)CC2)nc1. The van der Waals surface area contributed by atoms with Crippen molar-refractivity contribution in [1.29, 1.82) is 5.26 Å². The Labute approximate surface area is 165 Å². The first-order chi connectivity index (χ1) is 12.5. The molecule has 0 spiro atoms. The van der Waals surface area contributed by atoms with E-state index in [0.717, 1.165) is 30.2 Å². The highest BCUT2D eigenvalue weighted by Crippen LogP contribution is 2.25. The van der Waals surface area contributed by atoms with Crippen LogP contribution in [0.25, 0.3) is 0 Å². The summed E-state index contributed by atoms with van der Waals surface area (Å²) in [5.74, 6) is 0.367. The van der Waals surface area contributed by atoms with Crippen molar-refractivity contribution < 1.29 is 9.53 Å². The van der Waals surface area contributed by atoms with E-state index in [4.69, 9.17) is 21.6 Å². The van der Waals surface area contributed by atoms with Crippen LogP contribution in [-0.4, -0.2) is 23.0 Å². The average molecular weight is 435 g/mol. The molecule has 7 heteroatoms. The zero-order chi connectivity index (χ0) is 18.5. The van der Waals surface area contributed by atoms with E-state index in [0.29, 0.717) is 22.0 Å². The number of nitriles is 1. The largest absolute Gasteiger partial charge is 0.474 e. The molecule has 0 aliphatic heterocycles. The molecule has 0 radical (unpaired) electrons. The third-order valence-corrected chi connectivity index (χ3v) is 5.16. The van der Waals surface area contributed by atoms with Gasteiger partial charge in [0.15, 0.2) is 0 Å². The second-order valence-corrected chi connectivity index (χ2v) is 7.51. The highest BCUT2D eigenvalue weighted by molar-refractivity contribution is 9.10. The van der Waals surface area contributed by atoms with Crippen molar-refractivity contribution in [2.75, 3.05) is 0 Å². The zero-order valence-corrected chi connectivity index (χ0v) is 16.3. The Balaban J connectivity index is 1.51. The van der Waals surface area contributed by atoms with E-state index >= 15 is 0 Å². The molecule has 0 bridgehead atoms. The van der Waals surface area contributed by atoms with Gasteiger partial charge in [0.05, 0.1) is 16.1 Å². The highest BCUT2D eigenvalue weighted by atomic mass is 79.9. The molecule has 0 saturated heterocycles. The maximum atomic E-state index is 12.4. The fourth-order valence-corrected chi connectivity index (χ4v) is 3.51. The number of amides is 1. The number of rotatable bonds is 4. The number of carbonyl (C=O) groups excluding carboxylic acids is 1. The van der Waals surface area contributed by atoms with E-state index in [-0.39, 0.29) is 18.1 Å². The molecule has 2 aromatic rings.